The Morgan fingerprint density at radius 2 is 1.67 bits per heavy atom. The lowest BCUT2D eigenvalue weighted by Crippen LogP contribution is -2.38. The zero-order valence-corrected chi connectivity index (χ0v) is 17.6. The third-order valence-corrected chi connectivity index (χ3v) is 8.13. The number of nitrogens with zero attached hydrogens (tertiary/aromatic N) is 3. The molecule has 0 spiro atoms. The molecule has 1 aliphatic carbocycles. The molecule has 0 radical (unpaired) electrons. The fourth-order valence-corrected chi connectivity index (χ4v) is 5.99. The van der Waals surface area contributed by atoms with E-state index in [0.29, 0.717) is 42.5 Å². The van der Waals surface area contributed by atoms with Gasteiger partial charge in [-0.3, -0.25) is 0 Å². The summed E-state index contributed by atoms with van der Waals surface area (Å²) in [6, 6.07) is 15.4. The number of piperidine rings is 1. The van der Waals surface area contributed by atoms with Gasteiger partial charge in [0.1, 0.15) is 0 Å². The van der Waals surface area contributed by atoms with Gasteiger partial charge >= 0.3 is 0 Å². The van der Waals surface area contributed by atoms with Gasteiger partial charge in [0, 0.05) is 24.6 Å². The van der Waals surface area contributed by atoms with Crippen LogP contribution >= 0.6 is 0 Å². The van der Waals surface area contributed by atoms with Gasteiger partial charge in [-0.25, -0.2) is 8.42 Å². The first-order valence-corrected chi connectivity index (χ1v) is 12.1. The first kappa shape index (κ1) is 19.5. The zero-order chi connectivity index (χ0) is 20.6. The SMILES string of the molecule is O=S(=O)(c1ccc2c(c1)CCCC2)N1CCC(c2nc(-c3ccccc3)no2)CC1. The lowest BCUT2D eigenvalue weighted by molar-refractivity contribution is 0.271. The molecule has 6 nitrogen and oxygen atoms in total. The number of aromatic nitrogens is 2. The minimum absolute atomic E-state index is 0.0879. The molecule has 1 aliphatic heterocycles. The maximum Gasteiger partial charge on any atom is 0.243 e. The number of fused-ring (bicyclic) bond motifs is 1. The van der Waals surface area contributed by atoms with Crippen molar-refractivity contribution < 1.29 is 12.9 Å². The number of rotatable bonds is 4. The molecular weight excluding hydrogens is 398 g/mol. The molecule has 1 aromatic heterocycles. The van der Waals surface area contributed by atoms with Crippen LogP contribution < -0.4 is 0 Å². The van der Waals surface area contributed by atoms with Crippen molar-refractivity contribution in [3.63, 3.8) is 0 Å². The normalized spacial score (nSPS) is 18.3. The van der Waals surface area contributed by atoms with Gasteiger partial charge in [0.15, 0.2) is 0 Å². The summed E-state index contributed by atoms with van der Waals surface area (Å²) >= 11 is 0. The van der Waals surface area contributed by atoms with E-state index in [1.54, 1.807) is 10.4 Å². The van der Waals surface area contributed by atoms with Gasteiger partial charge in [-0.05, 0) is 61.8 Å². The molecule has 1 fully saturated rings. The monoisotopic (exact) mass is 423 g/mol. The van der Waals surface area contributed by atoms with Gasteiger partial charge in [0.2, 0.25) is 21.7 Å². The highest BCUT2D eigenvalue weighted by Crippen LogP contribution is 2.32. The average molecular weight is 424 g/mol. The van der Waals surface area contributed by atoms with E-state index in [2.05, 4.69) is 10.1 Å². The summed E-state index contributed by atoms with van der Waals surface area (Å²) in [5.74, 6) is 1.26. The van der Waals surface area contributed by atoms with Gasteiger partial charge in [0.25, 0.3) is 0 Å². The molecule has 156 valence electrons. The number of aryl methyl sites for hydroxylation is 2. The summed E-state index contributed by atoms with van der Waals surface area (Å²) in [4.78, 5) is 4.97. The Kier molecular flexibility index (Phi) is 5.16. The van der Waals surface area contributed by atoms with Crippen LogP contribution in [-0.4, -0.2) is 36.0 Å². The third-order valence-electron chi connectivity index (χ3n) is 6.23. The quantitative estimate of drug-likeness (QED) is 0.629. The largest absolute Gasteiger partial charge is 0.339 e. The first-order chi connectivity index (χ1) is 14.6. The van der Waals surface area contributed by atoms with Crippen LogP contribution in [0.1, 0.15) is 48.6 Å². The molecule has 0 unspecified atom stereocenters. The van der Waals surface area contributed by atoms with Crippen LogP contribution in [0.25, 0.3) is 11.4 Å². The standard InChI is InChI=1S/C23H25N3O3S/c27-30(28,21-11-10-17-6-4-5-9-20(17)16-21)26-14-12-19(13-15-26)23-24-22(25-29-23)18-7-2-1-3-8-18/h1-3,7-8,10-11,16,19H,4-6,9,12-15H2. The number of hydrogen-bond donors (Lipinski definition) is 0. The highest BCUT2D eigenvalue weighted by molar-refractivity contribution is 7.89. The third kappa shape index (κ3) is 3.68. The van der Waals surface area contributed by atoms with E-state index < -0.39 is 10.0 Å². The molecule has 0 amide bonds. The Bertz CT molecular complexity index is 1130. The second kappa shape index (κ2) is 7.96. The highest BCUT2D eigenvalue weighted by Gasteiger charge is 2.32. The summed E-state index contributed by atoms with van der Waals surface area (Å²) in [6.07, 6.45) is 5.71. The summed E-state index contributed by atoms with van der Waals surface area (Å²) in [7, 11) is -3.47. The van der Waals surface area contributed by atoms with Gasteiger partial charge < -0.3 is 4.52 Å². The van der Waals surface area contributed by atoms with Crippen molar-refractivity contribution in [2.24, 2.45) is 0 Å². The maximum atomic E-state index is 13.2. The lowest BCUT2D eigenvalue weighted by Gasteiger charge is -2.30. The number of benzene rings is 2. The van der Waals surface area contributed by atoms with Crippen LogP contribution in [0.3, 0.4) is 0 Å². The summed E-state index contributed by atoms with van der Waals surface area (Å²) in [5.41, 5.74) is 3.40. The smallest absolute Gasteiger partial charge is 0.243 e. The summed E-state index contributed by atoms with van der Waals surface area (Å²) in [5, 5.41) is 4.10. The van der Waals surface area contributed by atoms with E-state index in [0.717, 1.165) is 24.8 Å². The van der Waals surface area contributed by atoms with E-state index in [1.807, 2.05) is 42.5 Å². The minimum Gasteiger partial charge on any atom is -0.339 e. The molecule has 0 saturated carbocycles. The van der Waals surface area contributed by atoms with Crippen molar-refractivity contribution in [1.29, 1.82) is 0 Å². The Labute approximate surface area is 177 Å². The molecule has 0 N–H and O–H groups in total. The van der Waals surface area contributed by atoms with Crippen molar-refractivity contribution in [3.8, 4) is 11.4 Å². The van der Waals surface area contributed by atoms with Crippen molar-refractivity contribution >= 4 is 10.0 Å². The Morgan fingerprint density at radius 3 is 2.43 bits per heavy atom. The molecule has 1 saturated heterocycles. The van der Waals surface area contributed by atoms with E-state index in [4.69, 9.17) is 4.52 Å². The van der Waals surface area contributed by atoms with E-state index in [9.17, 15) is 8.42 Å². The van der Waals surface area contributed by atoms with Crippen molar-refractivity contribution in [3.05, 3.63) is 65.5 Å². The Morgan fingerprint density at radius 1 is 0.933 bits per heavy atom. The molecule has 2 aromatic carbocycles. The maximum absolute atomic E-state index is 13.2. The predicted molar refractivity (Wildman–Crippen MR) is 114 cm³/mol. The van der Waals surface area contributed by atoms with Crippen LogP contribution in [0.2, 0.25) is 0 Å². The second-order valence-electron chi connectivity index (χ2n) is 8.14. The number of sulfonamides is 1. The molecule has 0 atom stereocenters. The lowest BCUT2D eigenvalue weighted by atomic mass is 9.92. The topological polar surface area (TPSA) is 76.3 Å². The molecule has 5 rings (SSSR count). The second-order valence-corrected chi connectivity index (χ2v) is 10.1. The van der Waals surface area contributed by atoms with Gasteiger partial charge in [-0.2, -0.15) is 9.29 Å². The first-order valence-electron chi connectivity index (χ1n) is 10.6. The highest BCUT2D eigenvalue weighted by atomic mass is 32.2. The molecular formula is C23H25N3O3S. The van der Waals surface area contributed by atoms with Gasteiger partial charge in [-0.15, -0.1) is 0 Å². The average Bonchev–Trinajstić information content (AvgIpc) is 3.30. The van der Waals surface area contributed by atoms with Crippen LogP contribution in [0.4, 0.5) is 0 Å². The van der Waals surface area contributed by atoms with Crippen LogP contribution in [0, 0.1) is 0 Å². The minimum atomic E-state index is -3.47. The van der Waals surface area contributed by atoms with Crippen molar-refractivity contribution in [2.75, 3.05) is 13.1 Å². The Balaban J connectivity index is 1.28. The fourth-order valence-electron chi connectivity index (χ4n) is 4.47. The van der Waals surface area contributed by atoms with Crippen molar-refractivity contribution in [1.82, 2.24) is 14.4 Å². The molecule has 2 aliphatic rings. The van der Waals surface area contributed by atoms with Gasteiger partial charge in [0.05, 0.1) is 4.90 Å². The number of hydrogen-bond acceptors (Lipinski definition) is 5. The predicted octanol–water partition coefficient (Wildman–Crippen LogP) is 4.18. The summed E-state index contributed by atoms with van der Waals surface area (Å²) in [6.45, 7) is 0.931. The Hall–Kier alpha value is -2.51. The van der Waals surface area contributed by atoms with Crippen LogP contribution in [0.15, 0.2) is 57.9 Å². The van der Waals surface area contributed by atoms with E-state index in [-0.39, 0.29) is 5.92 Å². The molecule has 2 heterocycles. The van der Waals surface area contributed by atoms with Crippen LogP contribution in [-0.2, 0) is 22.9 Å². The molecule has 30 heavy (non-hydrogen) atoms. The molecule has 3 aromatic rings. The molecule has 0 bridgehead atoms. The fraction of sp³-hybridized carbons (Fsp3) is 0.391. The van der Waals surface area contributed by atoms with Gasteiger partial charge in [-0.1, -0.05) is 41.6 Å². The van der Waals surface area contributed by atoms with Crippen molar-refractivity contribution in [2.45, 2.75) is 49.3 Å². The summed E-state index contributed by atoms with van der Waals surface area (Å²) < 4.78 is 33.5. The molecule has 7 heteroatoms. The van der Waals surface area contributed by atoms with E-state index in [1.165, 1.54) is 17.5 Å². The van der Waals surface area contributed by atoms with E-state index >= 15 is 0 Å². The van der Waals surface area contributed by atoms with Crippen LogP contribution in [0.5, 0.6) is 0 Å². The zero-order valence-electron chi connectivity index (χ0n) is 16.8.